The Kier molecular flexibility index (Phi) is 4.47. The number of ether oxygens (including phenoxy) is 1. The SMILES string of the molecule is CCOC(=O)c1cc(-c2ccc(C)cc2)n(-c2ccc(C)cc2)n1. The molecule has 0 spiro atoms. The van der Waals surface area contributed by atoms with Gasteiger partial charge in [0.05, 0.1) is 18.0 Å². The molecule has 0 aliphatic carbocycles. The lowest BCUT2D eigenvalue weighted by atomic mass is 10.1. The van der Waals surface area contributed by atoms with Crippen LogP contribution in [0.2, 0.25) is 0 Å². The predicted octanol–water partition coefficient (Wildman–Crippen LogP) is 4.33. The van der Waals surface area contributed by atoms with Crippen LogP contribution in [0.25, 0.3) is 16.9 Å². The number of aromatic nitrogens is 2. The molecule has 0 bridgehead atoms. The number of hydrogen-bond acceptors (Lipinski definition) is 3. The molecule has 2 aromatic carbocycles. The molecule has 24 heavy (non-hydrogen) atoms. The van der Waals surface area contributed by atoms with Crippen molar-refractivity contribution in [2.24, 2.45) is 0 Å². The molecule has 1 aromatic heterocycles. The first-order valence-electron chi connectivity index (χ1n) is 7.99. The van der Waals surface area contributed by atoms with Crippen LogP contribution in [0.1, 0.15) is 28.5 Å². The van der Waals surface area contributed by atoms with Crippen molar-refractivity contribution in [2.45, 2.75) is 20.8 Å². The van der Waals surface area contributed by atoms with Crippen molar-refractivity contribution in [3.8, 4) is 16.9 Å². The fourth-order valence-corrected chi connectivity index (χ4v) is 2.50. The van der Waals surface area contributed by atoms with Gasteiger partial charge in [0.25, 0.3) is 0 Å². The highest BCUT2D eigenvalue weighted by Gasteiger charge is 2.17. The molecule has 0 fully saturated rings. The van der Waals surface area contributed by atoms with E-state index in [9.17, 15) is 4.79 Å². The highest BCUT2D eigenvalue weighted by molar-refractivity contribution is 5.89. The van der Waals surface area contributed by atoms with Crippen molar-refractivity contribution in [3.05, 3.63) is 71.4 Å². The van der Waals surface area contributed by atoms with Gasteiger partial charge in [-0.2, -0.15) is 5.10 Å². The van der Waals surface area contributed by atoms with Crippen LogP contribution in [0.15, 0.2) is 54.6 Å². The molecule has 0 saturated carbocycles. The topological polar surface area (TPSA) is 44.1 Å². The molecule has 0 aliphatic heterocycles. The first-order chi connectivity index (χ1) is 11.6. The summed E-state index contributed by atoms with van der Waals surface area (Å²) in [7, 11) is 0. The molecule has 1 heterocycles. The fourth-order valence-electron chi connectivity index (χ4n) is 2.50. The third-order valence-corrected chi connectivity index (χ3v) is 3.82. The Morgan fingerprint density at radius 1 is 1.00 bits per heavy atom. The lowest BCUT2D eigenvalue weighted by Gasteiger charge is -2.08. The number of esters is 1. The second-order valence-corrected chi connectivity index (χ2v) is 5.75. The molecule has 4 heteroatoms. The minimum atomic E-state index is -0.406. The highest BCUT2D eigenvalue weighted by Crippen LogP contribution is 2.25. The van der Waals surface area contributed by atoms with E-state index in [1.165, 1.54) is 11.1 Å². The number of nitrogens with zero attached hydrogens (tertiary/aromatic N) is 2. The van der Waals surface area contributed by atoms with Crippen molar-refractivity contribution < 1.29 is 9.53 Å². The molecule has 0 atom stereocenters. The largest absolute Gasteiger partial charge is 0.461 e. The fraction of sp³-hybridized carbons (Fsp3) is 0.200. The van der Waals surface area contributed by atoms with E-state index in [1.807, 2.05) is 62.4 Å². The van der Waals surface area contributed by atoms with E-state index >= 15 is 0 Å². The molecular weight excluding hydrogens is 300 g/mol. The minimum Gasteiger partial charge on any atom is -0.461 e. The highest BCUT2D eigenvalue weighted by atomic mass is 16.5. The maximum Gasteiger partial charge on any atom is 0.358 e. The van der Waals surface area contributed by atoms with Crippen LogP contribution >= 0.6 is 0 Å². The Labute approximate surface area is 141 Å². The number of hydrogen-bond donors (Lipinski definition) is 0. The smallest absolute Gasteiger partial charge is 0.358 e. The quantitative estimate of drug-likeness (QED) is 0.672. The van der Waals surface area contributed by atoms with E-state index in [0.29, 0.717) is 12.3 Å². The normalized spacial score (nSPS) is 10.6. The summed E-state index contributed by atoms with van der Waals surface area (Å²) in [6, 6.07) is 18.0. The predicted molar refractivity (Wildman–Crippen MR) is 94.4 cm³/mol. The van der Waals surface area contributed by atoms with Gasteiger partial charge >= 0.3 is 5.97 Å². The summed E-state index contributed by atoms with van der Waals surface area (Å²) in [5.41, 5.74) is 5.45. The Hall–Kier alpha value is -2.88. The van der Waals surface area contributed by atoms with Gasteiger partial charge < -0.3 is 4.74 Å². The van der Waals surface area contributed by atoms with Gasteiger partial charge in [0.15, 0.2) is 5.69 Å². The van der Waals surface area contributed by atoms with E-state index in [0.717, 1.165) is 16.9 Å². The Bertz CT molecular complexity index is 783. The average molecular weight is 320 g/mol. The van der Waals surface area contributed by atoms with Gasteiger partial charge in [-0.1, -0.05) is 47.5 Å². The molecular formula is C20H20N2O2. The molecule has 3 rings (SSSR count). The Morgan fingerprint density at radius 2 is 1.58 bits per heavy atom. The summed E-state index contributed by atoms with van der Waals surface area (Å²) in [6.07, 6.45) is 0. The monoisotopic (exact) mass is 320 g/mol. The van der Waals surface area contributed by atoms with Gasteiger partial charge in [-0.15, -0.1) is 0 Å². The maximum atomic E-state index is 12.1. The van der Waals surface area contributed by atoms with Crippen molar-refractivity contribution in [2.75, 3.05) is 6.61 Å². The van der Waals surface area contributed by atoms with Gasteiger partial charge in [-0.25, -0.2) is 9.48 Å². The minimum absolute atomic E-state index is 0.313. The summed E-state index contributed by atoms with van der Waals surface area (Å²) in [5, 5.41) is 4.47. The van der Waals surface area contributed by atoms with Crippen LogP contribution in [-0.4, -0.2) is 22.4 Å². The third-order valence-electron chi connectivity index (χ3n) is 3.82. The summed E-state index contributed by atoms with van der Waals surface area (Å²) in [5.74, 6) is -0.406. The molecule has 0 unspecified atom stereocenters. The van der Waals surface area contributed by atoms with Gasteiger partial charge in [0.1, 0.15) is 0 Å². The number of carbonyl (C=O) groups is 1. The molecule has 0 amide bonds. The molecule has 4 nitrogen and oxygen atoms in total. The number of benzene rings is 2. The van der Waals surface area contributed by atoms with Crippen molar-refractivity contribution >= 4 is 5.97 Å². The Balaban J connectivity index is 2.12. The Morgan fingerprint density at radius 3 is 2.17 bits per heavy atom. The molecule has 0 N–H and O–H groups in total. The molecule has 0 radical (unpaired) electrons. The van der Waals surface area contributed by atoms with Crippen LogP contribution in [0.5, 0.6) is 0 Å². The first kappa shape index (κ1) is 16.0. The van der Waals surface area contributed by atoms with Crippen LogP contribution in [0.4, 0.5) is 0 Å². The van der Waals surface area contributed by atoms with Gasteiger partial charge in [-0.05, 0) is 39.0 Å². The van der Waals surface area contributed by atoms with Crippen LogP contribution < -0.4 is 0 Å². The number of aryl methyl sites for hydroxylation is 2. The number of rotatable bonds is 4. The molecule has 0 aliphatic rings. The van der Waals surface area contributed by atoms with Gasteiger partial charge in [-0.3, -0.25) is 0 Å². The summed E-state index contributed by atoms with van der Waals surface area (Å²) < 4.78 is 6.88. The first-order valence-corrected chi connectivity index (χ1v) is 7.99. The van der Waals surface area contributed by atoms with Crippen LogP contribution in [0.3, 0.4) is 0 Å². The lowest BCUT2D eigenvalue weighted by molar-refractivity contribution is 0.0519. The van der Waals surface area contributed by atoms with E-state index in [1.54, 1.807) is 17.7 Å². The lowest BCUT2D eigenvalue weighted by Crippen LogP contribution is -2.06. The second-order valence-electron chi connectivity index (χ2n) is 5.75. The average Bonchev–Trinajstić information content (AvgIpc) is 3.02. The van der Waals surface area contributed by atoms with Crippen LogP contribution in [-0.2, 0) is 4.74 Å². The van der Waals surface area contributed by atoms with Gasteiger partial charge in [0, 0.05) is 5.56 Å². The molecule has 0 saturated heterocycles. The van der Waals surface area contributed by atoms with Crippen molar-refractivity contribution in [3.63, 3.8) is 0 Å². The third kappa shape index (κ3) is 3.23. The molecule has 122 valence electrons. The standard InChI is InChI=1S/C20H20N2O2/c1-4-24-20(23)18-13-19(16-9-5-14(2)6-10-16)22(21-18)17-11-7-15(3)8-12-17/h5-13H,4H2,1-3H3. The van der Waals surface area contributed by atoms with Crippen LogP contribution in [0, 0.1) is 13.8 Å². The summed E-state index contributed by atoms with van der Waals surface area (Å²) >= 11 is 0. The van der Waals surface area contributed by atoms with Gasteiger partial charge in [0.2, 0.25) is 0 Å². The zero-order valence-corrected chi connectivity index (χ0v) is 14.1. The van der Waals surface area contributed by atoms with E-state index in [-0.39, 0.29) is 0 Å². The van der Waals surface area contributed by atoms with Crippen molar-refractivity contribution in [1.82, 2.24) is 9.78 Å². The zero-order valence-electron chi connectivity index (χ0n) is 14.1. The maximum absolute atomic E-state index is 12.1. The number of carbonyl (C=O) groups excluding carboxylic acids is 1. The van der Waals surface area contributed by atoms with Crippen molar-refractivity contribution in [1.29, 1.82) is 0 Å². The summed E-state index contributed by atoms with van der Waals surface area (Å²) in [4.78, 5) is 12.1. The summed E-state index contributed by atoms with van der Waals surface area (Å²) in [6.45, 7) is 6.20. The second kappa shape index (κ2) is 6.71. The van der Waals surface area contributed by atoms with E-state index < -0.39 is 5.97 Å². The van der Waals surface area contributed by atoms with E-state index in [4.69, 9.17) is 4.74 Å². The van der Waals surface area contributed by atoms with E-state index in [2.05, 4.69) is 5.10 Å². The zero-order chi connectivity index (χ0) is 17.1. The molecule has 3 aromatic rings.